The summed E-state index contributed by atoms with van der Waals surface area (Å²) in [4.78, 5) is 0.0899. The lowest BCUT2D eigenvalue weighted by Gasteiger charge is -2.22. The molecule has 1 aliphatic rings. The Labute approximate surface area is 119 Å². The van der Waals surface area contributed by atoms with Crippen molar-refractivity contribution in [1.29, 1.82) is 0 Å². The van der Waals surface area contributed by atoms with Crippen molar-refractivity contribution in [3.8, 4) is 11.5 Å². The largest absolute Gasteiger partial charge is 0.495 e. The van der Waals surface area contributed by atoms with Crippen molar-refractivity contribution in [2.75, 3.05) is 26.5 Å². The third-order valence-electron chi connectivity index (χ3n) is 3.37. The Bertz CT molecular complexity index is 597. The molecule has 1 fully saturated rings. The maximum atomic E-state index is 12.7. The van der Waals surface area contributed by atoms with Gasteiger partial charge in [-0.1, -0.05) is 6.92 Å². The van der Waals surface area contributed by atoms with E-state index in [4.69, 9.17) is 15.2 Å². The minimum atomic E-state index is -3.61. The molecular formula is C13H20N2O4S. The lowest BCUT2D eigenvalue weighted by Crippen LogP contribution is -2.33. The fourth-order valence-electron chi connectivity index (χ4n) is 2.21. The van der Waals surface area contributed by atoms with Gasteiger partial charge >= 0.3 is 0 Å². The Morgan fingerprint density at radius 1 is 1.25 bits per heavy atom. The first-order valence-electron chi connectivity index (χ1n) is 6.49. The summed E-state index contributed by atoms with van der Waals surface area (Å²) in [5.74, 6) is 0.644. The van der Waals surface area contributed by atoms with Crippen LogP contribution in [-0.2, 0) is 10.0 Å². The molecule has 2 N–H and O–H groups in total. The zero-order valence-electron chi connectivity index (χ0n) is 11.9. The number of ether oxygens (including phenoxy) is 2. The van der Waals surface area contributed by atoms with Crippen LogP contribution in [0.15, 0.2) is 17.0 Å². The molecular weight excluding hydrogens is 280 g/mol. The fraction of sp³-hybridized carbons (Fsp3) is 0.538. The monoisotopic (exact) mass is 300 g/mol. The molecule has 0 spiro atoms. The van der Waals surface area contributed by atoms with Crippen LogP contribution >= 0.6 is 0 Å². The maximum Gasteiger partial charge on any atom is 0.247 e. The summed E-state index contributed by atoms with van der Waals surface area (Å²) >= 11 is 0. The number of benzene rings is 1. The molecule has 0 radical (unpaired) electrons. The number of rotatable bonds is 6. The predicted octanol–water partition coefficient (Wildman–Crippen LogP) is 1.46. The van der Waals surface area contributed by atoms with Gasteiger partial charge in [0.1, 0.15) is 16.4 Å². The number of nitrogen functional groups attached to an aromatic ring is 1. The van der Waals surface area contributed by atoms with Crippen LogP contribution in [0.1, 0.15) is 19.8 Å². The van der Waals surface area contributed by atoms with Gasteiger partial charge in [0.05, 0.1) is 19.9 Å². The lowest BCUT2D eigenvalue weighted by atomic mass is 10.3. The summed E-state index contributed by atoms with van der Waals surface area (Å²) < 4.78 is 37.2. The van der Waals surface area contributed by atoms with Gasteiger partial charge in [0, 0.05) is 18.7 Å². The van der Waals surface area contributed by atoms with Crippen molar-refractivity contribution in [3.63, 3.8) is 0 Å². The SMILES string of the molecule is CCN(C1CC1)S(=O)(=O)c1cc(N)c(OC)cc1OC. The van der Waals surface area contributed by atoms with Gasteiger partial charge in [-0.25, -0.2) is 8.42 Å². The van der Waals surface area contributed by atoms with Gasteiger partial charge in [-0.05, 0) is 18.9 Å². The minimum absolute atomic E-state index is 0.0899. The van der Waals surface area contributed by atoms with Crippen LogP contribution in [0.5, 0.6) is 11.5 Å². The van der Waals surface area contributed by atoms with Crippen molar-refractivity contribution in [2.24, 2.45) is 0 Å². The van der Waals surface area contributed by atoms with Crippen LogP contribution in [-0.4, -0.2) is 39.5 Å². The summed E-state index contributed by atoms with van der Waals surface area (Å²) in [5, 5.41) is 0. The smallest absolute Gasteiger partial charge is 0.247 e. The van der Waals surface area contributed by atoms with Crippen molar-refractivity contribution in [3.05, 3.63) is 12.1 Å². The standard InChI is InChI=1S/C13H20N2O4S/c1-4-15(9-5-6-9)20(16,17)13-7-10(14)11(18-2)8-12(13)19-3/h7-9H,4-6,14H2,1-3H3. The van der Waals surface area contributed by atoms with Gasteiger partial charge in [-0.2, -0.15) is 4.31 Å². The van der Waals surface area contributed by atoms with Crippen LogP contribution in [0.2, 0.25) is 0 Å². The summed E-state index contributed by atoms with van der Waals surface area (Å²) in [7, 11) is -0.703. The highest BCUT2D eigenvalue weighted by molar-refractivity contribution is 7.89. The first-order chi connectivity index (χ1) is 9.45. The molecule has 0 amide bonds. The predicted molar refractivity (Wildman–Crippen MR) is 76.5 cm³/mol. The van der Waals surface area contributed by atoms with E-state index in [-0.39, 0.29) is 22.4 Å². The number of nitrogens with two attached hydrogens (primary N) is 1. The minimum Gasteiger partial charge on any atom is -0.495 e. The molecule has 0 atom stereocenters. The molecule has 1 aliphatic carbocycles. The molecule has 112 valence electrons. The number of anilines is 1. The molecule has 0 heterocycles. The zero-order valence-corrected chi connectivity index (χ0v) is 12.7. The van der Waals surface area contributed by atoms with E-state index in [1.54, 1.807) is 0 Å². The molecule has 1 aromatic carbocycles. The van der Waals surface area contributed by atoms with Gasteiger partial charge in [0.2, 0.25) is 10.0 Å². The highest BCUT2D eigenvalue weighted by Gasteiger charge is 2.38. The second-order valence-electron chi connectivity index (χ2n) is 4.68. The summed E-state index contributed by atoms with van der Waals surface area (Å²) in [6.07, 6.45) is 1.81. The Morgan fingerprint density at radius 2 is 1.85 bits per heavy atom. The van der Waals surface area contributed by atoms with Gasteiger partial charge in [-0.3, -0.25) is 0 Å². The number of hydrogen-bond acceptors (Lipinski definition) is 5. The van der Waals surface area contributed by atoms with Crippen LogP contribution < -0.4 is 15.2 Å². The van der Waals surface area contributed by atoms with E-state index in [0.717, 1.165) is 12.8 Å². The van der Waals surface area contributed by atoms with Crippen molar-refractivity contribution in [2.45, 2.75) is 30.7 Å². The molecule has 7 heteroatoms. The van der Waals surface area contributed by atoms with E-state index in [0.29, 0.717) is 12.3 Å². The van der Waals surface area contributed by atoms with Crippen LogP contribution in [0.4, 0.5) is 5.69 Å². The Morgan fingerprint density at radius 3 is 2.30 bits per heavy atom. The van der Waals surface area contributed by atoms with Crippen molar-refractivity contribution in [1.82, 2.24) is 4.31 Å². The molecule has 0 saturated heterocycles. The van der Waals surface area contributed by atoms with E-state index in [2.05, 4.69) is 0 Å². The summed E-state index contributed by atoms with van der Waals surface area (Å²) in [6.45, 7) is 2.26. The normalized spacial score (nSPS) is 15.4. The third kappa shape index (κ3) is 2.55. The first-order valence-corrected chi connectivity index (χ1v) is 7.93. The highest BCUT2D eigenvalue weighted by atomic mass is 32.2. The Balaban J connectivity index is 2.52. The number of nitrogens with zero attached hydrogens (tertiary/aromatic N) is 1. The third-order valence-corrected chi connectivity index (χ3v) is 5.42. The topological polar surface area (TPSA) is 81.9 Å². The van der Waals surface area contributed by atoms with Gasteiger partial charge in [0.15, 0.2) is 0 Å². The Hall–Kier alpha value is -1.47. The molecule has 20 heavy (non-hydrogen) atoms. The van der Waals surface area contributed by atoms with E-state index >= 15 is 0 Å². The summed E-state index contributed by atoms with van der Waals surface area (Å²) in [6, 6.07) is 3.00. The van der Waals surface area contributed by atoms with E-state index in [1.807, 2.05) is 6.92 Å². The average molecular weight is 300 g/mol. The molecule has 0 unspecified atom stereocenters. The van der Waals surface area contributed by atoms with Crippen molar-refractivity contribution < 1.29 is 17.9 Å². The van der Waals surface area contributed by atoms with Crippen LogP contribution in [0.25, 0.3) is 0 Å². The quantitative estimate of drug-likeness (QED) is 0.804. The lowest BCUT2D eigenvalue weighted by molar-refractivity contribution is 0.380. The number of hydrogen-bond donors (Lipinski definition) is 1. The first kappa shape index (κ1) is 14.9. The van der Waals surface area contributed by atoms with Gasteiger partial charge in [0.25, 0.3) is 0 Å². The molecule has 1 saturated carbocycles. The molecule has 1 aromatic rings. The molecule has 0 aromatic heterocycles. The molecule has 2 rings (SSSR count). The fourth-order valence-corrected chi connectivity index (χ4v) is 4.08. The second-order valence-corrected chi connectivity index (χ2v) is 6.54. The van der Waals surface area contributed by atoms with Gasteiger partial charge < -0.3 is 15.2 Å². The second kappa shape index (κ2) is 5.49. The van der Waals surface area contributed by atoms with Crippen LogP contribution in [0, 0.1) is 0 Å². The average Bonchev–Trinajstić information content (AvgIpc) is 3.23. The highest BCUT2D eigenvalue weighted by Crippen LogP contribution is 2.38. The van der Waals surface area contributed by atoms with Crippen LogP contribution in [0.3, 0.4) is 0 Å². The zero-order chi connectivity index (χ0) is 14.9. The molecule has 0 bridgehead atoms. The van der Waals surface area contributed by atoms with E-state index < -0.39 is 10.0 Å². The van der Waals surface area contributed by atoms with E-state index in [9.17, 15) is 8.42 Å². The summed E-state index contributed by atoms with van der Waals surface area (Å²) in [5.41, 5.74) is 6.10. The van der Waals surface area contributed by atoms with Crippen molar-refractivity contribution >= 4 is 15.7 Å². The Kier molecular flexibility index (Phi) is 4.10. The number of methoxy groups -OCH3 is 2. The molecule has 6 nitrogen and oxygen atoms in total. The molecule has 0 aliphatic heterocycles. The number of sulfonamides is 1. The van der Waals surface area contributed by atoms with Gasteiger partial charge in [-0.15, -0.1) is 0 Å². The maximum absolute atomic E-state index is 12.7. The van der Waals surface area contributed by atoms with E-state index in [1.165, 1.54) is 30.7 Å².